The van der Waals surface area contributed by atoms with Gasteiger partial charge in [-0.1, -0.05) is 30.9 Å². The number of nitrogens with one attached hydrogen (secondary N) is 1. The van der Waals surface area contributed by atoms with Crippen LogP contribution in [0.25, 0.3) is 6.08 Å². The quantitative estimate of drug-likeness (QED) is 0.418. The van der Waals surface area contributed by atoms with Gasteiger partial charge in [0.05, 0.1) is 7.11 Å². The van der Waals surface area contributed by atoms with Crippen molar-refractivity contribution in [2.24, 2.45) is 7.05 Å². The van der Waals surface area contributed by atoms with Gasteiger partial charge in [0.1, 0.15) is 24.3 Å². The number of ether oxygens (including phenoxy) is 2. The van der Waals surface area contributed by atoms with E-state index in [0.29, 0.717) is 23.9 Å². The Kier molecular flexibility index (Phi) is 7.22. The molecule has 0 saturated heterocycles. The highest BCUT2D eigenvalue weighted by atomic mass is 19.1. The van der Waals surface area contributed by atoms with Crippen molar-refractivity contribution in [3.63, 3.8) is 0 Å². The molecule has 0 spiro atoms. The highest BCUT2D eigenvalue weighted by molar-refractivity contribution is 5.92. The number of halogens is 1. The Hall–Kier alpha value is -3.87. The number of hydrogen-bond donors (Lipinski definition) is 1. The van der Waals surface area contributed by atoms with Crippen LogP contribution < -0.4 is 14.8 Å². The molecule has 31 heavy (non-hydrogen) atoms. The second-order valence-electron chi connectivity index (χ2n) is 6.73. The van der Waals surface area contributed by atoms with Gasteiger partial charge < -0.3 is 19.4 Å². The van der Waals surface area contributed by atoms with Gasteiger partial charge in [-0.15, -0.1) is 0 Å². The molecule has 160 valence electrons. The minimum absolute atomic E-state index is 0.316. The van der Waals surface area contributed by atoms with Gasteiger partial charge in [0, 0.05) is 25.5 Å². The summed E-state index contributed by atoms with van der Waals surface area (Å²) < 4.78 is 26.1. The van der Waals surface area contributed by atoms with Gasteiger partial charge in [0.25, 0.3) is 0 Å². The molecule has 0 aliphatic rings. The number of aromatic nitrogens is 2. The standard InChI is InChI=1S/C24H24FN3O3/c1-4-15-31-20-11-5-17(16-21(20)30-3)6-12-22(29)27-23(24-26-13-14-28(24)2)18-7-9-19(25)10-8-18/h4-14,16,23H,1,15H2,2-3H3,(H,27,29)/b12-6+. The lowest BCUT2D eigenvalue weighted by Gasteiger charge is -2.18. The monoisotopic (exact) mass is 421 g/mol. The first-order valence-corrected chi connectivity index (χ1v) is 9.65. The summed E-state index contributed by atoms with van der Waals surface area (Å²) >= 11 is 0. The number of imidazole rings is 1. The van der Waals surface area contributed by atoms with Crippen molar-refractivity contribution in [2.75, 3.05) is 13.7 Å². The second-order valence-corrected chi connectivity index (χ2v) is 6.73. The maximum Gasteiger partial charge on any atom is 0.244 e. The van der Waals surface area contributed by atoms with Crippen LogP contribution in [-0.4, -0.2) is 29.2 Å². The summed E-state index contributed by atoms with van der Waals surface area (Å²) in [7, 11) is 3.39. The minimum atomic E-state index is -0.526. The molecule has 1 aromatic heterocycles. The number of aryl methyl sites for hydroxylation is 1. The van der Waals surface area contributed by atoms with Crippen molar-refractivity contribution in [1.82, 2.24) is 14.9 Å². The first-order valence-electron chi connectivity index (χ1n) is 9.65. The third-order valence-electron chi connectivity index (χ3n) is 4.58. The summed E-state index contributed by atoms with van der Waals surface area (Å²) in [5.41, 5.74) is 1.50. The fraction of sp³-hybridized carbons (Fsp3) is 0.167. The normalized spacial score (nSPS) is 11.8. The lowest BCUT2D eigenvalue weighted by Crippen LogP contribution is -2.29. The molecule has 1 amide bonds. The Labute approximate surface area is 180 Å². The van der Waals surface area contributed by atoms with Crippen LogP contribution in [0.2, 0.25) is 0 Å². The van der Waals surface area contributed by atoms with Crippen LogP contribution in [-0.2, 0) is 11.8 Å². The fourth-order valence-electron chi connectivity index (χ4n) is 3.03. The van der Waals surface area contributed by atoms with Crippen molar-refractivity contribution >= 4 is 12.0 Å². The minimum Gasteiger partial charge on any atom is -0.493 e. The molecule has 0 aliphatic heterocycles. The van der Waals surface area contributed by atoms with Crippen LogP contribution >= 0.6 is 0 Å². The van der Waals surface area contributed by atoms with Gasteiger partial charge in [-0.2, -0.15) is 0 Å². The topological polar surface area (TPSA) is 65.4 Å². The molecule has 1 heterocycles. The van der Waals surface area contributed by atoms with E-state index in [-0.39, 0.29) is 11.7 Å². The van der Waals surface area contributed by atoms with Crippen molar-refractivity contribution in [2.45, 2.75) is 6.04 Å². The van der Waals surface area contributed by atoms with E-state index in [1.165, 1.54) is 18.2 Å². The average molecular weight is 421 g/mol. The van der Waals surface area contributed by atoms with Crippen LogP contribution in [0.4, 0.5) is 4.39 Å². The zero-order valence-corrected chi connectivity index (χ0v) is 17.4. The van der Waals surface area contributed by atoms with Gasteiger partial charge in [-0.05, 0) is 41.5 Å². The lowest BCUT2D eigenvalue weighted by molar-refractivity contribution is -0.117. The van der Waals surface area contributed by atoms with Gasteiger partial charge in [0.15, 0.2) is 11.5 Å². The number of carbonyl (C=O) groups excluding carboxylic acids is 1. The summed E-state index contributed by atoms with van der Waals surface area (Å²) in [5, 5.41) is 2.94. The highest BCUT2D eigenvalue weighted by Gasteiger charge is 2.20. The molecule has 7 heteroatoms. The Balaban J connectivity index is 1.78. The SMILES string of the molecule is C=CCOc1ccc(/C=C/C(=O)NC(c2ccc(F)cc2)c2nccn2C)cc1OC. The molecular formula is C24H24FN3O3. The molecule has 1 unspecified atom stereocenters. The van der Waals surface area contributed by atoms with Gasteiger partial charge in [-0.25, -0.2) is 9.37 Å². The van der Waals surface area contributed by atoms with Crippen LogP contribution in [0, 0.1) is 5.82 Å². The van der Waals surface area contributed by atoms with Gasteiger partial charge in [-0.3, -0.25) is 4.79 Å². The highest BCUT2D eigenvalue weighted by Crippen LogP contribution is 2.28. The molecule has 0 saturated carbocycles. The molecule has 2 aromatic carbocycles. The molecule has 1 atom stereocenters. The first kappa shape index (κ1) is 21.8. The Morgan fingerprint density at radius 3 is 2.68 bits per heavy atom. The summed E-state index contributed by atoms with van der Waals surface area (Å²) in [6.45, 7) is 3.99. The molecular weight excluding hydrogens is 397 g/mol. The molecule has 0 aliphatic carbocycles. The summed E-state index contributed by atoms with van der Waals surface area (Å²) in [5.74, 6) is 1.13. The molecule has 3 aromatic rings. The van der Waals surface area contributed by atoms with Crippen molar-refractivity contribution in [3.05, 3.63) is 96.4 Å². The average Bonchev–Trinajstić information content (AvgIpc) is 3.21. The lowest BCUT2D eigenvalue weighted by atomic mass is 10.1. The fourth-order valence-corrected chi connectivity index (χ4v) is 3.03. The second kappa shape index (κ2) is 10.2. The number of rotatable bonds is 9. The van der Waals surface area contributed by atoms with E-state index in [9.17, 15) is 9.18 Å². The summed E-state index contributed by atoms with van der Waals surface area (Å²) in [6.07, 6.45) is 8.19. The maximum atomic E-state index is 13.4. The smallest absolute Gasteiger partial charge is 0.244 e. The third kappa shape index (κ3) is 5.60. The summed E-state index contributed by atoms with van der Waals surface area (Å²) in [6, 6.07) is 10.8. The predicted molar refractivity (Wildman–Crippen MR) is 117 cm³/mol. The van der Waals surface area contributed by atoms with Crippen molar-refractivity contribution in [3.8, 4) is 11.5 Å². The van der Waals surface area contributed by atoms with E-state index in [1.54, 1.807) is 55.9 Å². The number of carbonyl (C=O) groups is 1. The Morgan fingerprint density at radius 2 is 2.03 bits per heavy atom. The molecule has 1 N–H and O–H groups in total. The number of nitrogens with zero attached hydrogens (tertiary/aromatic N) is 2. The van der Waals surface area contributed by atoms with Crippen LogP contribution in [0.15, 0.2) is 73.6 Å². The first-order chi connectivity index (χ1) is 15.0. The van der Waals surface area contributed by atoms with Crippen LogP contribution in [0.1, 0.15) is 23.0 Å². The zero-order chi connectivity index (χ0) is 22.2. The van der Waals surface area contributed by atoms with E-state index in [1.807, 2.05) is 17.7 Å². The third-order valence-corrected chi connectivity index (χ3v) is 4.58. The number of methoxy groups -OCH3 is 1. The Morgan fingerprint density at radius 1 is 1.26 bits per heavy atom. The van der Waals surface area contributed by atoms with E-state index >= 15 is 0 Å². The van der Waals surface area contributed by atoms with E-state index in [0.717, 1.165) is 11.1 Å². The van der Waals surface area contributed by atoms with Crippen LogP contribution in [0.3, 0.4) is 0 Å². The number of hydrogen-bond acceptors (Lipinski definition) is 4. The van der Waals surface area contributed by atoms with Crippen molar-refractivity contribution < 1.29 is 18.7 Å². The van der Waals surface area contributed by atoms with E-state index in [4.69, 9.17) is 9.47 Å². The van der Waals surface area contributed by atoms with Crippen molar-refractivity contribution in [1.29, 1.82) is 0 Å². The maximum absolute atomic E-state index is 13.4. The zero-order valence-electron chi connectivity index (χ0n) is 17.4. The van der Waals surface area contributed by atoms with Gasteiger partial charge >= 0.3 is 0 Å². The predicted octanol–water partition coefficient (Wildman–Crippen LogP) is 4.05. The molecule has 0 radical (unpaired) electrons. The molecule has 0 bridgehead atoms. The number of amides is 1. The Bertz CT molecular complexity index is 1070. The largest absolute Gasteiger partial charge is 0.493 e. The number of benzene rings is 2. The van der Waals surface area contributed by atoms with Gasteiger partial charge in [0.2, 0.25) is 5.91 Å². The van der Waals surface area contributed by atoms with E-state index < -0.39 is 6.04 Å². The summed E-state index contributed by atoms with van der Waals surface area (Å²) in [4.78, 5) is 17.0. The molecule has 6 nitrogen and oxygen atoms in total. The molecule has 3 rings (SSSR count). The van der Waals surface area contributed by atoms with Crippen LogP contribution in [0.5, 0.6) is 11.5 Å². The molecule has 0 fully saturated rings. The van der Waals surface area contributed by atoms with E-state index in [2.05, 4.69) is 16.9 Å².